The largest absolute Gasteiger partial charge is 0.358 e. The second-order valence-corrected chi connectivity index (χ2v) is 1.46. The van der Waals surface area contributed by atoms with E-state index in [1.807, 2.05) is 36.5 Å². The molecule has 2 radical (unpaired) electrons. The highest BCUT2D eigenvalue weighted by Crippen LogP contribution is 1.95. The van der Waals surface area contributed by atoms with Crippen molar-refractivity contribution in [3.05, 3.63) is 31.0 Å². The fourth-order valence-corrected chi connectivity index (χ4v) is 0.426. The van der Waals surface area contributed by atoms with E-state index in [0.29, 0.717) is 0 Å². The number of rotatable bonds is 0. The smallest absolute Gasteiger partial charge is 0.0373 e. The standard InChI is InChI=1S/C6H7N/c1-7-5-3-2-4-6-7/h3-6H,1H3. The van der Waals surface area contributed by atoms with E-state index < -0.39 is 0 Å². The van der Waals surface area contributed by atoms with Gasteiger partial charge in [0.1, 0.15) is 0 Å². The van der Waals surface area contributed by atoms with Gasteiger partial charge in [-0.3, -0.25) is 0 Å². The Morgan fingerprint density at radius 3 is 2.14 bits per heavy atom. The van der Waals surface area contributed by atoms with Crippen LogP contribution in [0.15, 0.2) is 24.6 Å². The van der Waals surface area contributed by atoms with Crippen LogP contribution in [0.3, 0.4) is 0 Å². The third kappa shape index (κ3) is 1.07. The molecule has 0 amide bonds. The molecule has 0 saturated carbocycles. The minimum absolute atomic E-state index is 1.88. The molecule has 1 rings (SSSR count). The summed E-state index contributed by atoms with van der Waals surface area (Å²) in [5.74, 6) is 0. The number of hydrogen-bond acceptors (Lipinski definition) is 1. The van der Waals surface area contributed by atoms with Gasteiger partial charge in [-0.15, -0.1) is 0 Å². The zero-order chi connectivity index (χ0) is 5.11. The topological polar surface area (TPSA) is 3.24 Å². The zero-order valence-corrected chi connectivity index (χ0v) is 4.26. The van der Waals surface area contributed by atoms with E-state index in [1.165, 1.54) is 0 Å². The maximum Gasteiger partial charge on any atom is 0.0373 e. The van der Waals surface area contributed by atoms with Crippen molar-refractivity contribution in [2.45, 2.75) is 0 Å². The quantitative estimate of drug-likeness (QED) is 0.432. The Morgan fingerprint density at radius 1 is 1.29 bits per heavy atom. The molecule has 0 spiro atoms. The minimum atomic E-state index is 1.88. The van der Waals surface area contributed by atoms with Gasteiger partial charge in [0.2, 0.25) is 0 Å². The van der Waals surface area contributed by atoms with Gasteiger partial charge in [-0.2, -0.15) is 0 Å². The summed E-state index contributed by atoms with van der Waals surface area (Å²) in [6.45, 7) is 0. The van der Waals surface area contributed by atoms with Crippen LogP contribution in [0, 0.1) is 6.42 Å². The summed E-state index contributed by atoms with van der Waals surface area (Å²) in [4.78, 5) is 1.97. The molecule has 1 aliphatic heterocycles. The number of hydrogen-bond donors (Lipinski definition) is 0. The van der Waals surface area contributed by atoms with Crippen molar-refractivity contribution in [2.24, 2.45) is 0 Å². The van der Waals surface area contributed by atoms with E-state index >= 15 is 0 Å². The van der Waals surface area contributed by atoms with Crippen LogP contribution in [-0.4, -0.2) is 11.9 Å². The van der Waals surface area contributed by atoms with Crippen molar-refractivity contribution < 1.29 is 0 Å². The summed E-state index contributed by atoms with van der Waals surface area (Å²) in [6.07, 6.45) is 10.6. The van der Waals surface area contributed by atoms with Crippen LogP contribution in [0.2, 0.25) is 0 Å². The first-order chi connectivity index (χ1) is 3.39. The third-order valence-electron chi connectivity index (χ3n) is 0.812. The molecule has 0 N–H and O–H groups in total. The molecule has 0 atom stereocenters. The molecule has 0 saturated heterocycles. The van der Waals surface area contributed by atoms with Crippen LogP contribution >= 0.6 is 0 Å². The molecular weight excluding hydrogens is 86.1 g/mol. The fourth-order valence-electron chi connectivity index (χ4n) is 0.426. The molecule has 0 aromatic carbocycles. The van der Waals surface area contributed by atoms with Crippen LogP contribution in [0.1, 0.15) is 0 Å². The van der Waals surface area contributed by atoms with Crippen LogP contribution in [0.5, 0.6) is 0 Å². The van der Waals surface area contributed by atoms with Crippen molar-refractivity contribution >= 4 is 0 Å². The number of nitrogens with zero attached hydrogens (tertiary/aromatic N) is 1. The summed E-state index contributed by atoms with van der Waals surface area (Å²) in [7, 11) is 1.98. The molecule has 7 heavy (non-hydrogen) atoms. The highest BCUT2D eigenvalue weighted by atomic mass is 15.0. The lowest BCUT2D eigenvalue weighted by molar-refractivity contribution is 0.619. The van der Waals surface area contributed by atoms with Crippen molar-refractivity contribution in [3.63, 3.8) is 0 Å². The van der Waals surface area contributed by atoms with Crippen molar-refractivity contribution in [2.75, 3.05) is 7.05 Å². The van der Waals surface area contributed by atoms with Gasteiger partial charge in [-0.1, -0.05) is 12.2 Å². The molecule has 1 heteroatoms. The van der Waals surface area contributed by atoms with E-state index in [-0.39, 0.29) is 0 Å². The molecule has 0 fully saturated rings. The van der Waals surface area contributed by atoms with Gasteiger partial charge < -0.3 is 4.90 Å². The van der Waals surface area contributed by atoms with Crippen molar-refractivity contribution in [3.8, 4) is 0 Å². The van der Waals surface area contributed by atoms with Gasteiger partial charge in [0.15, 0.2) is 0 Å². The maximum atomic E-state index is 2.91. The summed E-state index contributed by atoms with van der Waals surface area (Å²) in [6, 6.07) is 0. The van der Waals surface area contributed by atoms with Crippen LogP contribution in [0.25, 0.3) is 0 Å². The highest BCUT2D eigenvalue weighted by Gasteiger charge is 1.85. The second-order valence-electron chi connectivity index (χ2n) is 1.46. The van der Waals surface area contributed by atoms with E-state index in [9.17, 15) is 0 Å². The van der Waals surface area contributed by atoms with Gasteiger partial charge in [-0.25, -0.2) is 0 Å². The average molecular weight is 93.1 g/mol. The fraction of sp³-hybridized carbons (Fsp3) is 0.167. The molecule has 0 aromatic rings. The first-order valence-electron chi connectivity index (χ1n) is 2.21. The van der Waals surface area contributed by atoms with Crippen LogP contribution in [-0.2, 0) is 0 Å². The Hall–Kier alpha value is -0.720. The molecule has 0 aliphatic carbocycles. The molecule has 0 unspecified atom stereocenters. The molecule has 1 nitrogen and oxygen atoms in total. The Kier molecular flexibility index (Phi) is 1.16. The van der Waals surface area contributed by atoms with Gasteiger partial charge in [-0.05, 0) is 0 Å². The first kappa shape index (κ1) is 4.44. The molecule has 36 valence electrons. The average Bonchev–Trinajstić information content (AvgIpc) is 1.69. The Labute approximate surface area is 43.9 Å². The van der Waals surface area contributed by atoms with Gasteiger partial charge in [0, 0.05) is 25.9 Å². The Bertz CT molecular complexity index is 90.7. The highest BCUT2D eigenvalue weighted by molar-refractivity contribution is 5.13. The molecule has 0 bridgehead atoms. The first-order valence-corrected chi connectivity index (χ1v) is 2.21. The van der Waals surface area contributed by atoms with E-state index in [1.54, 1.807) is 0 Å². The van der Waals surface area contributed by atoms with Crippen molar-refractivity contribution in [1.82, 2.24) is 4.90 Å². The summed E-state index contributed by atoms with van der Waals surface area (Å²) in [5.41, 5.74) is 0. The monoisotopic (exact) mass is 93.1 g/mol. The lowest BCUT2D eigenvalue weighted by atomic mass is 10.3. The van der Waals surface area contributed by atoms with Gasteiger partial charge >= 0.3 is 0 Å². The normalized spacial score (nSPS) is 18.1. The lowest BCUT2D eigenvalue weighted by Crippen LogP contribution is -2.01. The van der Waals surface area contributed by atoms with E-state index in [0.717, 1.165) is 0 Å². The summed E-state index contributed by atoms with van der Waals surface area (Å²) < 4.78 is 0. The minimum Gasteiger partial charge on any atom is -0.358 e. The SMILES string of the molecule is CN1C=C[C]C=C1. The van der Waals surface area contributed by atoms with Gasteiger partial charge in [0.05, 0.1) is 0 Å². The van der Waals surface area contributed by atoms with E-state index in [4.69, 9.17) is 0 Å². The predicted molar refractivity (Wildman–Crippen MR) is 29.3 cm³/mol. The van der Waals surface area contributed by atoms with Crippen LogP contribution in [0.4, 0.5) is 0 Å². The Morgan fingerprint density at radius 2 is 1.86 bits per heavy atom. The maximum absolute atomic E-state index is 2.91. The van der Waals surface area contributed by atoms with Crippen LogP contribution < -0.4 is 0 Å². The molecule has 0 aromatic heterocycles. The zero-order valence-electron chi connectivity index (χ0n) is 4.26. The molecule has 1 aliphatic rings. The van der Waals surface area contributed by atoms with Gasteiger partial charge in [0.25, 0.3) is 0 Å². The van der Waals surface area contributed by atoms with E-state index in [2.05, 4.69) is 6.42 Å². The van der Waals surface area contributed by atoms with Crippen molar-refractivity contribution in [1.29, 1.82) is 0 Å². The Balaban J connectivity index is 2.49. The third-order valence-corrected chi connectivity index (χ3v) is 0.812. The predicted octanol–water partition coefficient (Wildman–Crippen LogP) is 1.04. The summed E-state index contributed by atoms with van der Waals surface area (Å²) in [5, 5.41) is 0. The lowest BCUT2D eigenvalue weighted by Gasteiger charge is -2.08. The molecule has 1 heterocycles. The number of allylic oxidation sites excluding steroid dienone is 2. The second kappa shape index (κ2) is 1.82. The summed E-state index contributed by atoms with van der Waals surface area (Å²) >= 11 is 0. The molecular formula is C6H7N.